The Morgan fingerprint density at radius 2 is 1.90 bits per heavy atom. The smallest absolute Gasteiger partial charge is 0.249 e. The first kappa shape index (κ1) is 15.7. The van der Waals surface area contributed by atoms with Crippen LogP contribution in [0.5, 0.6) is 0 Å². The second-order valence-corrected chi connectivity index (χ2v) is 7.15. The number of benzene rings is 1. The molecule has 1 aromatic carbocycles. The lowest BCUT2D eigenvalue weighted by atomic mass is 10.1. The molecule has 0 aliphatic carbocycles. The third-order valence-electron chi connectivity index (χ3n) is 3.19. The predicted octanol–water partition coefficient (Wildman–Crippen LogP) is 2.85. The van der Waals surface area contributed by atoms with E-state index in [1.807, 2.05) is 45.0 Å². The highest BCUT2D eigenvalue weighted by atomic mass is 32.2. The average molecular weight is 307 g/mol. The monoisotopic (exact) mass is 307 g/mol. The molecule has 0 aliphatic rings. The Morgan fingerprint density at radius 1 is 1.14 bits per heavy atom. The zero-order valence-corrected chi connectivity index (χ0v) is 13.5. The first-order valence-electron chi connectivity index (χ1n) is 7.22. The number of hydrogen-bond acceptors (Lipinski definition) is 4. The quantitative estimate of drug-likeness (QED) is 0.823. The van der Waals surface area contributed by atoms with Crippen LogP contribution in [0.4, 0.5) is 0 Å². The van der Waals surface area contributed by atoms with Crippen LogP contribution in [-0.4, -0.2) is 28.9 Å². The molecule has 0 fully saturated rings. The van der Waals surface area contributed by atoms with E-state index >= 15 is 0 Å². The maximum atomic E-state index is 12.3. The van der Waals surface area contributed by atoms with Gasteiger partial charge in [0, 0.05) is 12.1 Å². The molecule has 0 saturated carbocycles. The highest BCUT2D eigenvalue weighted by Gasteiger charge is 2.24. The van der Waals surface area contributed by atoms with Crippen molar-refractivity contribution in [3.05, 3.63) is 29.8 Å². The second-order valence-electron chi connectivity index (χ2n) is 5.15. The first-order valence-corrected chi connectivity index (χ1v) is 8.87. The minimum absolute atomic E-state index is 0.0858. The lowest BCUT2D eigenvalue weighted by Gasteiger charge is -2.09. The molecule has 6 heteroatoms. The van der Waals surface area contributed by atoms with Crippen molar-refractivity contribution in [1.29, 1.82) is 0 Å². The molecule has 5 nitrogen and oxygen atoms in total. The van der Waals surface area contributed by atoms with Crippen LogP contribution in [0.25, 0.3) is 11.4 Å². The van der Waals surface area contributed by atoms with Crippen molar-refractivity contribution < 1.29 is 8.42 Å². The summed E-state index contributed by atoms with van der Waals surface area (Å²) in [5, 5.41) is 8.17. The Labute approximate surface area is 125 Å². The van der Waals surface area contributed by atoms with Gasteiger partial charge in [-0.05, 0) is 25.8 Å². The molecule has 2 aromatic rings. The molecule has 21 heavy (non-hydrogen) atoms. The maximum absolute atomic E-state index is 12.3. The van der Waals surface area contributed by atoms with Crippen LogP contribution in [-0.2, 0) is 16.4 Å². The lowest BCUT2D eigenvalue weighted by molar-refractivity contribution is 0.557. The van der Waals surface area contributed by atoms with E-state index in [9.17, 15) is 8.42 Å². The van der Waals surface area contributed by atoms with E-state index in [0.29, 0.717) is 18.8 Å². The third kappa shape index (κ3) is 3.32. The fraction of sp³-hybridized carbons (Fsp3) is 0.467. The fourth-order valence-corrected chi connectivity index (χ4v) is 3.70. The lowest BCUT2D eigenvalue weighted by Crippen LogP contribution is -2.14. The highest BCUT2D eigenvalue weighted by molar-refractivity contribution is 7.91. The van der Waals surface area contributed by atoms with E-state index in [-0.39, 0.29) is 10.9 Å². The molecule has 0 radical (unpaired) electrons. The van der Waals surface area contributed by atoms with Crippen molar-refractivity contribution in [2.24, 2.45) is 0 Å². The maximum Gasteiger partial charge on any atom is 0.249 e. The Bertz CT molecular complexity index is 720. The normalized spacial score (nSPS) is 11.8. The number of nitrogens with zero attached hydrogens (tertiary/aromatic N) is 3. The number of sulfone groups is 1. The topological polar surface area (TPSA) is 64.8 Å². The van der Waals surface area contributed by atoms with E-state index < -0.39 is 9.84 Å². The number of rotatable bonds is 6. The van der Waals surface area contributed by atoms with Gasteiger partial charge in [0.15, 0.2) is 5.82 Å². The van der Waals surface area contributed by atoms with Gasteiger partial charge in [-0.25, -0.2) is 8.42 Å². The number of aryl methyl sites for hydroxylation is 1. The summed E-state index contributed by atoms with van der Waals surface area (Å²) >= 11 is 0. The Morgan fingerprint density at radius 3 is 2.52 bits per heavy atom. The van der Waals surface area contributed by atoms with Crippen LogP contribution in [0.2, 0.25) is 0 Å². The standard InChI is InChI=1S/C15H21N3O2S/c1-4-9-18-14(13-8-6-7-12(3)11-13)16-17-15(18)21(19,20)10-5-2/h6-8,11H,4-5,9-10H2,1-3H3. The van der Waals surface area contributed by atoms with Crippen molar-refractivity contribution in [2.45, 2.75) is 45.3 Å². The summed E-state index contributed by atoms with van der Waals surface area (Å²) in [7, 11) is -3.37. The Kier molecular flexibility index (Phi) is 4.77. The van der Waals surface area contributed by atoms with Crippen LogP contribution in [0, 0.1) is 6.92 Å². The van der Waals surface area contributed by atoms with Gasteiger partial charge in [0.2, 0.25) is 15.0 Å². The summed E-state index contributed by atoms with van der Waals surface area (Å²) in [5.74, 6) is 0.720. The van der Waals surface area contributed by atoms with Gasteiger partial charge < -0.3 is 0 Å². The van der Waals surface area contributed by atoms with E-state index in [4.69, 9.17) is 0 Å². The van der Waals surface area contributed by atoms with E-state index in [2.05, 4.69) is 10.2 Å². The molecule has 0 amide bonds. The van der Waals surface area contributed by atoms with Gasteiger partial charge in [-0.3, -0.25) is 4.57 Å². The van der Waals surface area contributed by atoms with Crippen LogP contribution in [0.15, 0.2) is 29.4 Å². The molecule has 0 N–H and O–H groups in total. The SMILES string of the molecule is CCCn1c(-c2cccc(C)c2)nnc1S(=O)(=O)CCC. The van der Waals surface area contributed by atoms with Gasteiger partial charge >= 0.3 is 0 Å². The summed E-state index contributed by atoms with van der Waals surface area (Å²) in [4.78, 5) is 0. The van der Waals surface area contributed by atoms with Crippen LogP contribution >= 0.6 is 0 Å². The zero-order valence-electron chi connectivity index (χ0n) is 12.7. The van der Waals surface area contributed by atoms with Crippen molar-refractivity contribution >= 4 is 9.84 Å². The third-order valence-corrected chi connectivity index (χ3v) is 5.00. The first-order chi connectivity index (χ1) is 9.99. The Hall–Kier alpha value is -1.69. The highest BCUT2D eigenvalue weighted by Crippen LogP contribution is 2.22. The number of aromatic nitrogens is 3. The van der Waals surface area contributed by atoms with Crippen LogP contribution in [0.3, 0.4) is 0 Å². The molecule has 0 spiro atoms. The fourth-order valence-electron chi connectivity index (χ4n) is 2.30. The zero-order chi connectivity index (χ0) is 15.5. The summed E-state index contributed by atoms with van der Waals surface area (Å²) in [6.07, 6.45) is 1.40. The summed E-state index contributed by atoms with van der Waals surface area (Å²) in [5.41, 5.74) is 2.01. The van der Waals surface area contributed by atoms with Crippen molar-refractivity contribution in [3.8, 4) is 11.4 Å². The summed E-state index contributed by atoms with van der Waals surface area (Å²) in [6.45, 7) is 6.45. The van der Waals surface area contributed by atoms with Gasteiger partial charge in [0.1, 0.15) is 0 Å². The largest absolute Gasteiger partial charge is 0.298 e. The molecule has 0 unspecified atom stereocenters. The van der Waals surface area contributed by atoms with Gasteiger partial charge in [0.25, 0.3) is 0 Å². The Balaban J connectivity index is 2.56. The molecular weight excluding hydrogens is 286 g/mol. The summed E-state index contributed by atoms with van der Waals surface area (Å²) < 4.78 is 26.4. The molecule has 0 aliphatic heterocycles. The predicted molar refractivity (Wildman–Crippen MR) is 82.8 cm³/mol. The molecule has 1 aromatic heterocycles. The van der Waals surface area contributed by atoms with Gasteiger partial charge in [-0.1, -0.05) is 37.6 Å². The van der Waals surface area contributed by atoms with Crippen molar-refractivity contribution in [3.63, 3.8) is 0 Å². The molecule has 2 rings (SSSR count). The molecule has 0 bridgehead atoms. The van der Waals surface area contributed by atoms with Crippen molar-refractivity contribution in [2.75, 3.05) is 5.75 Å². The molecule has 0 saturated heterocycles. The summed E-state index contributed by atoms with van der Waals surface area (Å²) in [6, 6.07) is 7.86. The van der Waals surface area contributed by atoms with E-state index in [0.717, 1.165) is 17.5 Å². The minimum Gasteiger partial charge on any atom is -0.298 e. The average Bonchev–Trinajstić information content (AvgIpc) is 2.84. The van der Waals surface area contributed by atoms with Gasteiger partial charge in [-0.15, -0.1) is 10.2 Å². The second kappa shape index (κ2) is 6.39. The van der Waals surface area contributed by atoms with E-state index in [1.165, 1.54) is 0 Å². The van der Waals surface area contributed by atoms with Crippen LogP contribution < -0.4 is 0 Å². The van der Waals surface area contributed by atoms with Gasteiger partial charge in [-0.2, -0.15) is 0 Å². The van der Waals surface area contributed by atoms with Crippen LogP contribution in [0.1, 0.15) is 32.3 Å². The minimum atomic E-state index is -3.37. The molecule has 114 valence electrons. The number of hydrogen-bond donors (Lipinski definition) is 0. The molecule has 0 atom stereocenters. The molecular formula is C15H21N3O2S. The van der Waals surface area contributed by atoms with Crippen molar-refractivity contribution in [1.82, 2.24) is 14.8 Å². The van der Waals surface area contributed by atoms with Gasteiger partial charge in [0.05, 0.1) is 5.75 Å². The molecule has 1 heterocycles. The van der Waals surface area contributed by atoms with E-state index in [1.54, 1.807) is 4.57 Å².